The minimum absolute atomic E-state index is 0.426. The average molecular weight is 255 g/mol. The van der Waals surface area contributed by atoms with Crippen LogP contribution in [0.4, 0.5) is 5.82 Å². The summed E-state index contributed by atoms with van der Waals surface area (Å²) < 4.78 is 5.04. The normalized spacial score (nSPS) is 12.7. The number of carboxylic acid groups (broad SMARTS) is 1. The van der Waals surface area contributed by atoms with E-state index in [1.807, 2.05) is 36.9 Å². The van der Waals surface area contributed by atoms with Crippen molar-refractivity contribution in [3.8, 4) is 0 Å². The summed E-state index contributed by atoms with van der Waals surface area (Å²) >= 11 is 0. The molecule has 0 aliphatic carbocycles. The molecule has 0 fully saturated rings. The van der Waals surface area contributed by atoms with Crippen molar-refractivity contribution in [3.63, 3.8) is 0 Å². The van der Waals surface area contributed by atoms with E-state index >= 15 is 0 Å². The maximum Gasteiger partial charge on any atom is 0.308 e. The summed E-state index contributed by atoms with van der Waals surface area (Å²) in [5.74, 6) is 0.180. The zero-order valence-electron chi connectivity index (χ0n) is 11.4. The van der Waals surface area contributed by atoms with Crippen molar-refractivity contribution in [1.29, 1.82) is 0 Å². The van der Waals surface area contributed by atoms with Gasteiger partial charge in [-0.2, -0.15) is 0 Å². The first-order valence-corrected chi connectivity index (χ1v) is 5.96. The minimum Gasteiger partial charge on any atom is -0.481 e. The molecule has 0 bridgehead atoms. The fraction of sp³-hybridized carbons (Fsp3) is 0.667. The molecular weight excluding hydrogens is 234 g/mol. The van der Waals surface area contributed by atoms with Crippen molar-refractivity contribution < 1.29 is 14.4 Å². The molecule has 6 nitrogen and oxygen atoms in total. The number of nitrogens with zero attached hydrogens (tertiary/aromatic N) is 3. The third kappa shape index (κ3) is 4.37. The summed E-state index contributed by atoms with van der Waals surface area (Å²) in [6.07, 6.45) is 0. The van der Waals surface area contributed by atoms with Crippen molar-refractivity contribution in [2.45, 2.75) is 13.8 Å². The Kier molecular flexibility index (Phi) is 5.15. The van der Waals surface area contributed by atoms with Gasteiger partial charge in [0, 0.05) is 25.7 Å². The monoisotopic (exact) mass is 255 g/mol. The van der Waals surface area contributed by atoms with E-state index in [4.69, 9.17) is 9.63 Å². The lowest BCUT2D eigenvalue weighted by molar-refractivity contribution is -0.140. The Morgan fingerprint density at radius 3 is 2.61 bits per heavy atom. The second kappa shape index (κ2) is 6.39. The highest BCUT2D eigenvalue weighted by atomic mass is 16.5. The van der Waals surface area contributed by atoms with Gasteiger partial charge in [0.1, 0.15) is 5.76 Å². The summed E-state index contributed by atoms with van der Waals surface area (Å²) in [6, 6.07) is 1.82. The number of likely N-dealkylation sites (N-methyl/N-ethyl adjacent to an activating group) is 1. The maximum absolute atomic E-state index is 10.9. The molecule has 0 amide bonds. The average Bonchev–Trinajstić information content (AvgIpc) is 2.70. The molecule has 1 atom stereocenters. The van der Waals surface area contributed by atoms with Gasteiger partial charge in [0.25, 0.3) is 0 Å². The number of hydrogen-bond acceptors (Lipinski definition) is 5. The van der Waals surface area contributed by atoms with Crippen LogP contribution in [0.25, 0.3) is 0 Å². The number of hydrogen-bond donors (Lipinski definition) is 1. The molecule has 1 aromatic rings. The number of anilines is 1. The van der Waals surface area contributed by atoms with E-state index in [2.05, 4.69) is 5.16 Å². The molecule has 1 heterocycles. The van der Waals surface area contributed by atoms with Gasteiger partial charge < -0.3 is 19.4 Å². The number of aromatic nitrogens is 1. The van der Waals surface area contributed by atoms with Crippen LogP contribution in [-0.2, 0) is 4.79 Å². The fourth-order valence-corrected chi connectivity index (χ4v) is 1.53. The van der Waals surface area contributed by atoms with Gasteiger partial charge in [0.15, 0.2) is 5.82 Å². The van der Waals surface area contributed by atoms with E-state index < -0.39 is 11.9 Å². The molecular formula is C12H21N3O3. The molecule has 6 heteroatoms. The van der Waals surface area contributed by atoms with Gasteiger partial charge in [-0.25, -0.2) is 0 Å². The first-order chi connectivity index (χ1) is 8.40. The van der Waals surface area contributed by atoms with Crippen LogP contribution < -0.4 is 4.90 Å². The lowest BCUT2D eigenvalue weighted by Crippen LogP contribution is -2.37. The molecule has 1 rings (SSSR count). The second-order valence-corrected chi connectivity index (χ2v) is 4.78. The molecule has 0 spiro atoms. The molecule has 1 N–H and O–H groups in total. The fourth-order valence-electron chi connectivity index (χ4n) is 1.53. The van der Waals surface area contributed by atoms with Gasteiger partial charge in [-0.15, -0.1) is 0 Å². The number of carbonyl (C=O) groups is 1. The Labute approximate surface area is 107 Å². The first-order valence-electron chi connectivity index (χ1n) is 5.96. The van der Waals surface area contributed by atoms with Crippen LogP contribution in [0.1, 0.15) is 12.7 Å². The predicted molar refractivity (Wildman–Crippen MR) is 68.8 cm³/mol. The van der Waals surface area contributed by atoms with E-state index in [1.165, 1.54) is 0 Å². The van der Waals surface area contributed by atoms with E-state index in [1.54, 1.807) is 6.92 Å². The van der Waals surface area contributed by atoms with Gasteiger partial charge in [0.2, 0.25) is 0 Å². The Morgan fingerprint density at radius 1 is 1.50 bits per heavy atom. The van der Waals surface area contributed by atoms with Gasteiger partial charge in [-0.05, 0) is 21.0 Å². The van der Waals surface area contributed by atoms with Crippen LogP contribution in [0.5, 0.6) is 0 Å². The molecule has 1 aromatic heterocycles. The topological polar surface area (TPSA) is 69.8 Å². The Hall–Kier alpha value is -1.56. The van der Waals surface area contributed by atoms with Crippen LogP contribution in [-0.4, -0.2) is 54.9 Å². The zero-order chi connectivity index (χ0) is 13.7. The standard InChI is InChI=1S/C12H21N3O3/c1-9(12(16)17)8-15(6-5-14(3)4)11-7-10(2)18-13-11/h7,9H,5-6,8H2,1-4H3,(H,16,17). The Balaban J connectivity index is 2.71. The predicted octanol–water partition coefficient (Wildman–Crippen LogP) is 1.07. The van der Waals surface area contributed by atoms with E-state index in [9.17, 15) is 4.79 Å². The molecule has 0 saturated carbocycles. The molecule has 102 valence electrons. The van der Waals surface area contributed by atoms with E-state index in [0.29, 0.717) is 12.4 Å². The SMILES string of the molecule is Cc1cc(N(CCN(C)C)CC(C)C(=O)O)no1. The van der Waals surface area contributed by atoms with E-state index in [0.717, 1.165) is 18.8 Å². The summed E-state index contributed by atoms with van der Waals surface area (Å²) in [5, 5.41) is 12.9. The molecule has 0 aliphatic heterocycles. The van der Waals surface area contributed by atoms with Crippen LogP contribution >= 0.6 is 0 Å². The molecule has 0 saturated heterocycles. The Bertz CT molecular complexity index is 390. The van der Waals surface area contributed by atoms with Crippen molar-refractivity contribution in [3.05, 3.63) is 11.8 Å². The highest BCUT2D eigenvalue weighted by Crippen LogP contribution is 2.15. The number of aryl methyl sites for hydroxylation is 1. The van der Waals surface area contributed by atoms with E-state index in [-0.39, 0.29) is 0 Å². The van der Waals surface area contributed by atoms with Crippen molar-refractivity contribution >= 4 is 11.8 Å². The van der Waals surface area contributed by atoms with Crippen molar-refractivity contribution in [2.75, 3.05) is 38.6 Å². The Morgan fingerprint density at radius 2 is 2.17 bits per heavy atom. The summed E-state index contributed by atoms with van der Waals surface area (Å²) in [7, 11) is 3.96. The summed E-state index contributed by atoms with van der Waals surface area (Å²) in [6.45, 7) is 5.49. The smallest absolute Gasteiger partial charge is 0.308 e. The molecule has 0 aliphatic rings. The van der Waals surface area contributed by atoms with Gasteiger partial charge >= 0.3 is 5.97 Å². The first kappa shape index (κ1) is 14.5. The summed E-state index contributed by atoms with van der Waals surface area (Å²) in [4.78, 5) is 14.9. The molecule has 0 radical (unpaired) electrons. The number of aliphatic carboxylic acids is 1. The van der Waals surface area contributed by atoms with Gasteiger partial charge in [-0.3, -0.25) is 4.79 Å². The van der Waals surface area contributed by atoms with Crippen LogP contribution in [0.15, 0.2) is 10.6 Å². The maximum atomic E-state index is 10.9. The highest BCUT2D eigenvalue weighted by Gasteiger charge is 2.18. The molecule has 18 heavy (non-hydrogen) atoms. The van der Waals surface area contributed by atoms with Crippen molar-refractivity contribution in [1.82, 2.24) is 10.1 Å². The zero-order valence-corrected chi connectivity index (χ0v) is 11.4. The minimum atomic E-state index is -0.801. The highest BCUT2D eigenvalue weighted by molar-refractivity contribution is 5.70. The second-order valence-electron chi connectivity index (χ2n) is 4.78. The van der Waals surface area contributed by atoms with Crippen LogP contribution in [0, 0.1) is 12.8 Å². The molecule has 0 aromatic carbocycles. The quantitative estimate of drug-likeness (QED) is 0.786. The number of rotatable bonds is 7. The van der Waals surface area contributed by atoms with Gasteiger partial charge in [0.05, 0.1) is 5.92 Å². The third-order valence-electron chi connectivity index (χ3n) is 2.67. The third-order valence-corrected chi connectivity index (χ3v) is 2.67. The van der Waals surface area contributed by atoms with Crippen LogP contribution in [0.2, 0.25) is 0 Å². The largest absolute Gasteiger partial charge is 0.481 e. The van der Waals surface area contributed by atoms with Crippen LogP contribution in [0.3, 0.4) is 0 Å². The number of carboxylic acids is 1. The summed E-state index contributed by atoms with van der Waals surface area (Å²) in [5.41, 5.74) is 0. The molecule has 1 unspecified atom stereocenters. The lowest BCUT2D eigenvalue weighted by Gasteiger charge is -2.25. The lowest BCUT2D eigenvalue weighted by atomic mass is 10.1. The van der Waals surface area contributed by atoms with Crippen molar-refractivity contribution in [2.24, 2.45) is 5.92 Å². The van der Waals surface area contributed by atoms with Gasteiger partial charge in [-0.1, -0.05) is 12.1 Å².